The van der Waals surface area contributed by atoms with Crippen LogP contribution in [-0.2, 0) is 19.1 Å². The van der Waals surface area contributed by atoms with Gasteiger partial charge in [0.1, 0.15) is 58.0 Å². The van der Waals surface area contributed by atoms with Crippen LogP contribution in [0.4, 0.5) is 0 Å². The first kappa shape index (κ1) is 41.0. The van der Waals surface area contributed by atoms with Gasteiger partial charge in [0.2, 0.25) is 17.7 Å². The Morgan fingerprint density at radius 2 is 1.27 bits per heavy atom. The third-order valence-electron chi connectivity index (χ3n) is 9.76. The van der Waals surface area contributed by atoms with Gasteiger partial charge in [-0.1, -0.05) is 68.2 Å². The van der Waals surface area contributed by atoms with Crippen LogP contribution in [0.5, 0.6) is 0 Å². The predicted molar refractivity (Wildman–Crippen MR) is 203 cm³/mol. The monoisotopic (exact) mass is 758 g/mol. The van der Waals surface area contributed by atoms with E-state index >= 15 is 0 Å². The highest BCUT2D eigenvalue weighted by molar-refractivity contribution is 7.10. The number of nitrogens with two attached hydrogens (primary N) is 1. The lowest BCUT2D eigenvalue weighted by Gasteiger charge is -2.24. The summed E-state index contributed by atoms with van der Waals surface area (Å²) in [5.41, 5.74) is 6.73. The van der Waals surface area contributed by atoms with Crippen LogP contribution in [0.3, 0.4) is 0 Å². The number of aliphatic imine (C=N–C) groups is 2. The molecule has 4 rings (SSSR count). The van der Waals surface area contributed by atoms with Crippen LogP contribution in [0, 0.1) is 23.7 Å². The first-order valence-electron chi connectivity index (χ1n) is 18.1. The van der Waals surface area contributed by atoms with Crippen molar-refractivity contribution in [3.63, 3.8) is 0 Å². The standard InChI is InChI=1S/C36H54N8O6S2/c1-11-18(7)27(33-38-22(13-45)20(9)49-33)42-31(47)24-15-52-36(40-24)26(17(5)6)41-32(48)29-21(10)50-34(44-29)28(19(8)12-2)43-30(46)23-14-51-35(39-23)25(37)16(3)4/h13-22,25-29H,11-12,37H2,1-10H3,(H,41,48)(H,42,47)(H,43,46)/t18?,19-,20+,21+,22+,25+,26+,27-,28?,29-/m0/s1. The predicted octanol–water partition coefficient (Wildman–Crippen LogP) is 4.63. The summed E-state index contributed by atoms with van der Waals surface area (Å²) in [4.78, 5) is 70.2. The largest absolute Gasteiger partial charge is 0.474 e. The van der Waals surface area contributed by atoms with Crippen LogP contribution in [0.1, 0.15) is 125 Å². The molecule has 0 saturated heterocycles. The van der Waals surface area contributed by atoms with Crippen LogP contribution in [0.15, 0.2) is 20.7 Å². The molecule has 0 aromatic carbocycles. The summed E-state index contributed by atoms with van der Waals surface area (Å²) in [5.74, 6) is -0.438. The normalized spacial score (nSPS) is 23.4. The van der Waals surface area contributed by atoms with Gasteiger partial charge in [-0.15, -0.1) is 22.7 Å². The van der Waals surface area contributed by atoms with Crippen molar-refractivity contribution >= 4 is 58.5 Å². The van der Waals surface area contributed by atoms with Crippen molar-refractivity contribution in [2.45, 2.75) is 131 Å². The van der Waals surface area contributed by atoms with Gasteiger partial charge in [-0.25, -0.2) is 20.0 Å². The van der Waals surface area contributed by atoms with E-state index in [1.807, 2.05) is 55.4 Å². The lowest BCUT2D eigenvalue weighted by molar-refractivity contribution is -0.124. The molecule has 2 aromatic rings. The van der Waals surface area contributed by atoms with Crippen LogP contribution >= 0.6 is 22.7 Å². The van der Waals surface area contributed by atoms with Crippen LogP contribution in [0.25, 0.3) is 0 Å². The fourth-order valence-electron chi connectivity index (χ4n) is 5.70. The van der Waals surface area contributed by atoms with E-state index in [0.717, 1.165) is 19.1 Å². The molecule has 0 radical (unpaired) electrons. The SMILES string of the molecule is CCC(C)[C@H](NC(=O)c1csc([C@H](NC(=O)[C@H]2N=C(C(NC(=O)c3csc([C@H](N)C(C)C)n3)[C@@H](C)CC)O[C@@H]2C)C(C)C)n1)C1=N[C@H](C=O)[C@@H](C)O1. The molecule has 286 valence electrons. The number of hydrogen-bond acceptors (Lipinski definition) is 13. The summed E-state index contributed by atoms with van der Waals surface area (Å²) < 4.78 is 12.0. The Morgan fingerprint density at radius 3 is 1.75 bits per heavy atom. The van der Waals surface area contributed by atoms with Crippen molar-refractivity contribution in [3.05, 3.63) is 32.2 Å². The summed E-state index contributed by atoms with van der Waals surface area (Å²) in [5, 5.41) is 13.7. The zero-order valence-electron chi connectivity index (χ0n) is 31.7. The molecule has 16 heteroatoms. The smallest absolute Gasteiger partial charge is 0.271 e. The van der Waals surface area contributed by atoms with E-state index in [0.29, 0.717) is 21.8 Å². The average Bonchev–Trinajstić information content (AvgIpc) is 3.93. The number of thiazole rings is 2. The summed E-state index contributed by atoms with van der Waals surface area (Å²) in [6.45, 7) is 19.5. The molecular formula is C36H54N8O6S2. The Kier molecular flexibility index (Phi) is 14.1. The molecule has 3 amide bonds. The topological polar surface area (TPSA) is 199 Å². The average molecular weight is 759 g/mol. The van der Waals surface area contributed by atoms with Gasteiger partial charge < -0.3 is 36.0 Å². The molecule has 0 spiro atoms. The second kappa shape index (κ2) is 17.8. The van der Waals surface area contributed by atoms with Crippen molar-refractivity contribution in [3.8, 4) is 0 Å². The highest BCUT2D eigenvalue weighted by Crippen LogP contribution is 2.28. The number of ether oxygens (including phenoxy) is 2. The van der Waals surface area contributed by atoms with Crippen LogP contribution in [0.2, 0.25) is 0 Å². The lowest BCUT2D eigenvalue weighted by Crippen LogP contribution is -2.45. The number of rotatable bonds is 17. The van der Waals surface area contributed by atoms with Crippen molar-refractivity contribution in [2.75, 3.05) is 0 Å². The van der Waals surface area contributed by atoms with E-state index in [4.69, 9.17) is 20.2 Å². The van der Waals surface area contributed by atoms with Crippen molar-refractivity contribution in [2.24, 2.45) is 39.4 Å². The third kappa shape index (κ3) is 9.42. The van der Waals surface area contributed by atoms with Crippen molar-refractivity contribution in [1.82, 2.24) is 25.9 Å². The molecule has 2 aliphatic rings. The van der Waals surface area contributed by atoms with Crippen LogP contribution in [-0.4, -0.2) is 82.1 Å². The number of amides is 3. The molecule has 2 aliphatic heterocycles. The number of carbonyl (C=O) groups excluding carboxylic acids is 4. The van der Waals surface area contributed by atoms with Crippen LogP contribution < -0.4 is 21.7 Å². The number of aromatic nitrogens is 2. The second-order valence-electron chi connectivity index (χ2n) is 14.5. The lowest BCUT2D eigenvalue weighted by atomic mass is 9.98. The van der Waals surface area contributed by atoms with E-state index in [-0.39, 0.29) is 52.9 Å². The molecule has 0 saturated carbocycles. The Hall–Kier alpha value is -3.76. The summed E-state index contributed by atoms with van der Waals surface area (Å²) >= 11 is 2.63. The zero-order chi connectivity index (χ0) is 38.4. The van der Waals surface area contributed by atoms with Crippen molar-refractivity contribution < 1.29 is 28.7 Å². The van der Waals surface area contributed by atoms with Gasteiger partial charge in [0.25, 0.3) is 11.8 Å². The summed E-state index contributed by atoms with van der Waals surface area (Å²) in [7, 11) is 0. The molecule has 0 fully saturated rings. The van der Waals surface area contributed by atoms with E-state index in [2.05, 4.69) is 30.9 Å². The molecule has 2 aromatic heterocycles. The number of hydrogen-bond donors (Lipinski definition) is 4. The molecule has 10 atom stereocenters. The van der Waals surface area contributed by atoms with Gasteiger partial charge in [0.15, 0.2) is 6.04 Å². The second-order valence-corrected chi connectivity index (χ2v) is 16.2. The van der Waals surface area contributed by atoms with Gasteiger partial charge in [-0.05, 0) is 37.5 Å². The fraction of sp³-hybridized carbons (Fsp3) is 0.667. The van der Waals surface area contributed by atoms with Gasteiger partial charge in [-0.2, -0.15) is 0 Å². The Morgan fingerprint density at radius 1 is 0.769 bits per heavy atom. The summed E-state index contributed by atoms with van der Waals surface area (Å²) in [6, 6.07) is -3.35. The molecule has 52 heavy (non-hydrogen) atoms. The number of nitrogens with one attached hydrogen (secondary N) is 3. The maximum Gasteiger partial charge on any atom is 0.271 e. The third-order valence-corrected chi connectivity index (χ3v) is 11.6. The summed E-state index contributed by atoms with van der Waals surface area (Å²) in [6.07, 6.45) is 1.23. The maximum absolute atomic E-state index is 13.8. The zero-order valence-corrected chi connectivity index (χ0v) is 33.3. The van der Waals surface area contributed by atoms with E-state index in [9.17, 15) is 19.2 Å². The van der Waals surface area contributed by atoms with E-state index in [1.54, 1.807) is 24.6 Å². The van der Waals surface area contributed by atoms with Gasteiger partial charge in [0, 0.05) is 10.8 Å². The first-order chi connectivity index (χ1) is 24.6. The molecule has 2 unspecified atom stereocenters. The molecule has 4 heterocycles. The molecular weight excluding hydrogens is 705 g/mol. The number of nitrogens with zero attached hydrogens (tertiary/aromatic N) is 4. The Labute approximate surface area is 314 Å². The van der Waals surface area contributed by atoms with Gasteiger partial charge in [0.05, 0.1) is 12.1 Å². The van der Waals surface area contributed by atoms with E-state index < -0.39 is 48.3 Å². The quantitative estimate of drug-likeness (QED) is 0.166. The molecule has 5 N–H and O–H groups in total. The first-order valence-corrected chi connectivity index (χ1v) is 19.9. The minimum Gasteiger partial charge on any atom is -0.474 e. The van der Waals surface area contributed by atoms with Gasteiger partial charge >= 0.3 is 0 Å². The molecule has 14 nitrogen and oxygen atoms in total. The maximum atomic E-state index is 13.8. The minimum absolute atomic E-state index is 0.01000. The highest BCUT2D eigenvalue weighted by atomic mass is 32.1. The number of carbonyl (C=O) groups is 4. The fourth-order valence-corrected chi connectivity index (χ4v) is 7.70. The molecule has 0 aliphatic carbocycles. The van der Waals surface area contributed by atoms with Gasteiger partial charge in [-0.3, -0.25) is 14.4 Å². The van der Waals surface area contributed by atoms with Crippen molar-refractivity contribution in [1.29, 1.82) is 0 Å². The van der Waals surface area contributed by atoms with E-state index in [1.165, 1.54) is 22.7 Å². The number of aldehydes is 1. The Bertz CT molecular complexity index is 1640. The minimum atomic E-state index is -0.863. The highest BCUT2D eigenvalue weighted by Gasteiger charge is 2.40. The Balaban J connectivity index is 1.47. The molecule has 0 bridgehead atoms.